The Labute approximate surface area is 120 Å². The summed E-state index contributed by atoms with van der Waals surface area (Å²) in [5.74, 6) is 0.228. The Morgan fingerprint density at radius 3 is 2.80 bits per heavy atom. The van der Waals surface area contributed by atoms with Crippen LogP contribution < -0.4 is 0 Å². The van der Waals surface area contributed by atoms with E-state index in [0.29, 0.717) is 22.3 Å². The van der Waals surface area contributed by atoms with Crippen LogP contribution in [0.5, 0.6) is 0 Å². The van der Waals surface area contributed by atoms with Crippen molar-refractivity contribution < 1.29 is 4.39 Å². The topological polar surface area (TPSA) is 30.2 Å². The highest BCUT2D eigenvalue weighted by atomic mass is 35.5. The van der Waals surface area contributed by atoms with Crippen LogP contribution in [-0.4, -0.2) is 14.6 Å². The summed E-state index contributed by atoms with van der Waals surface area (Å²) in [6.07, 6.45) is 4.13. The molecule has 20 heavy (non-hydrogen) atoms. The molecule has 0 atom stereocenters. The largest absolute Gasteiger partial charge is 0.217 e. The highest BCUT2D eigenvalue weighted by Gasteiger charge is 2.28. The third kappa shape index (κ3) is 1.79. The molecule has 0 saturated heterocycles. The minimum atomic E-state index is -0.292. The van der Waals surface area contributed by atoms with Crippen molar-refractivity contribution in [3.8, 4) is 11.3 Å². The van der Waals surface area contributed by atoms with Crippen molar-refractivity contribution in [1.29, 1.82) is 0 Å². The van der Waals surface area contributed by atoms with Crippen molar-refractivity contribution in [3.05, 3.63) is 53.1 Å². The summed E-state index contributed by atoms with van der Waals surface area (Å²) in [7, 11) is 0. The molecule has 0 amide bonds. The van der Waals surface area contributed by atoms with Crippen LogP contribution in [0.4, 0.5) is 4.39 Å². The van der Waals surface area contributed by atoms with Crippen LogP contribution in [0, 0.1) is 5.82 Å². The van der Waals surface area contributed by atoms with E-state index >= 15 is 0 Å². The molecule has 5 heteroatoms. The van der Waals surface area contributed by atoms with E-state index in [2.05, 4.69) is 10.1 Å². The first-order chi connectivity index (χ1) is 9.74. The number of hydrogen-bond donors (Lipinski definition) is 0. The summed E-state index contributed by atoms with van der Waals surface area (Å²) in [4.78, 5) is 4.36. The minimum absolute atomic E-state index is 0.292. The highest BCUT2D eigenvalue weighted by molar-refractivity contribution is 6.29. The van der Waals surface area contributed by atoms with E-state index in [4.69, 9.17) is 11.6 Å². The number of aromatic nitrogens is 3. The van der Waals surface area contributed by atoms with Crippen molar-refractivity contribution in [2.45, 2.75) is 18.8 Å². The SMILES string of the molecule is Fc1ccccc1-c1cc(Cl)nc2c(C3CC3)cnn12. The van der Waals surface area contributed by atoms with Gasteiger partial charge in [0.2, 0.25) is 0 Å². The quantitative estimate of drug-likeness (QED) is 0.665. The Hall–Kier alpha value is -1.94. The molecule has 0 unspecified atom stereocenters. The second kappa shape index (κ2) is 4.28. The molecule has 2 heterocycles. The first-order valence-corrected chi connectivity index (χ1v) is 6.91. The van der Waals surface area contributed by atoms with E-state index in [9.17, 15) is 4.39 Å². The van der Waals surface area contributed by atoms with Gasteiger partial charge in [-0.2, -0.15) is 5.10 Å². The molecule has 100 valence electrons. The van der Waals surface area contributed by atoms with Crippen molar-refractivity contribution in [2.75, 3.05) is 0 Å². The van der Waals surface area contributed by atoms with Crippen LogP contribution in [0.15, 0.2) is 36.5 Å². The molecule has 0 N–H and O–H groups in total. The highest BCUT2D eigenvalue weighted by Crippen LogP contribution is 2.42. The van der Waals surface area contributed by atoms with Gasteiger partial charge < -0.3 is 0 Å². The lowest BCUT2D eigenvalue weighted by atomic mass is 10.1. The van der Waals surface area contributed by atoms with Gasteiger partial charge >= 0.3 is 0 Å². The zero-order valence-electron chi connectivity index (χ0n) is 10.6. The summed E-state index contributed by atoms with van der Waals surface area (Å²) < 4.78 is 15.7. The third-order valence-corrected chi connectivity index (χ3v) is 3.83. The summed E-state index contributed by atoms with van der Waals surface area (Å²) in [6, 6.07) is 8.26. The molecule has 0 bridgehead atoms. The predicted molar refractivity (Wildman–Crippen MR) is 75.4 cm³/mol. The summed E-state index contributed by atoms with van der Waals surface area (Å²) in [6.45, 7) is 0. The molecule has 1 fully saturated rings. The normalized spacial score (nSPS) is 14.9. The minimum Gasteiger partial charge on any atom is -0.217 e. The maximum atomic E-state index is 14.0. The van der Waals surface area contributed by atoms with Crippen molar-refractivity contribution in [1.82, 2.24) is 14.6 Å². The lowest BCUT2D eigenvalue weighted by Crippen LogP contribution is -1.98. The monoisotopic (exact) mass is 287 g/mol. The third-order valence-electron chi connectivity index (χ3n) is 3.63. The van der Waals surface area contributed by atoms with Gasteiger partial charge in [0, 0.05) is 17.2 Å². The summed E-state index contributed by atoms with van der Waals surface area (Å²) in [5, 5.41) is 4.73. The lowest BCUT2D eigenvalue weighted by molar-refractivity contribution is 0.630. The first-order valence-electron chi connectivity index (χ1n) is 6.53. The summed E-state index contributed by atoms with van der Waals surface area (Å²) >= 11 is 6.11. The zero-order valence-corrected chi connectivity index (χ0v) is 11.3. The molecule has 4 rings (SSSR count). The second-order valence-electron chi connectivity index (χ2n) is 5.05. The Morgan fingerprint density at radius 1 is 1.25 bits per heavy atom. The van der Waals surface area contributed by atoms with E-state index in [0.717, 1.165) is 24.1 Å². The van der Waals surface area contributed by atoms with Gasteiger partial charge in [-0.15, -0.1) is 0 Å². The number of halogens is 2. The van der Waals surface area contributed by atoms with Crippen molar-refractivity contribution in [3.63, 3.8) is 0 Å². The van der Waals surface area contributed by atoms with E-state index in [1.54, 1.807) is 28.8 Å². The van der Waals surface area contributed by atoms with Crippen molar-refractivity contribution >= 4 is 17.2 Å². The maximum absolute atomic E-state index is 14.0. The van der Waals surface area contributed by atoms with Crippen LogP contribution >= 0.6 is 11.6 Å². The second-order valence-corrected chi connectivity index (χ2v) is 5.44. The van der Waals surface area contributed by atoms with E-state index in [-0.39, 0.29) is 5.82 Å². The van der Waals surface area contributed by atoms with Crippen LogP contribution in [0.25, 0.3) is 16.9 Å². The van der Waals surface area contributed by atoms with Crippen LogP contribution in [0.1, 0.15) is 24.3 Å². The molecule has 1 aliphatic rings. The number of benzene rings is 1. The van der Waals surface area contributed by atoms with Gasteiger partial charge in [-0.25, -0.2) is 13.9 Å². The molecule has 0 radical (unpaired) electrons. The van der Waals surface area contributed by atoms with E-state index in [1.165, 1.54) is 6.07 Å². The average molecular weight is 288 g/mol. The van der Waals surface area contributed by atoms with Crippen LogP contribution in [0.3, 0.4) is 0 Å². The number of nitrogens with zero attached hydrogens (tertiary/aromatic N) is 3. The molecular weight excluding hydrogens is 277 g/mol. The van der Waals surface area contributed by atoms with Crippen LogP contribution in [-0.2, 0) is 0 Å². The van der Waals surface area contributed by atoms with E-state index < -0.39 is 0 Å². The smallest absolute Gasteiger partial charge is 0.160 e. The fraction of sp³-hybridized carbons (Fsp3) is 0.200. The number of fused-ring (bicyclic) bond motifs is 1. The average Bonchev–Trinajstić information content (AvgIpc) is 3.19. The van der Waals surface area contributed by atoms with Gasteiger partial charge in [-0.05, 0) is 30.9 Å². The van der Waals surface area contributed by atoms with E-state index in [1.807, 2.05) is 6.20 Å². The molecule has 1 saturated carbocycles. The first kappa shape index (κ1) is 11.9. The fourth-order valence-corrected chi connectivity index (χ4v) is 2.68. The number of rotatable bonds is 2. The van der Waals surface area contributed by atoms with Gasteiger partial charge in [0.15, 0.2) is 5.65 Å². The Balaban J connectivity index is 2.02. The summed E-state index contributed by atoms with van der Waals surface area (Å²) in [5.41, 5.74) is 2.94. The molecular formula is C15H11ClFN3. The molecule has 3 aromatic rings. The molecule has 0 aliphatic heterocycles. The molecule has 3 nitrogen and oxygen atoms in total. The van der Waals surface area contributed by atoms with Gasteiger partial charge in [0.25, 0.3) is 0 Å². The molecule has 0 spiro atoms. The molecule has 2 aromatic heterocycles. The number of hydrogen-bond acceptors (Lipinski definition) is 2. The van der Waals surface area contributed by atoms with Gasteiger partial charge in [-0.1, -0.05) is 23.7 Å². The van der Waals surface area contributed by atoms with Crippen LogP contribution in [0.2, 0.25) is 5.15 Å². The zero-order chi connectivity index (χ0) is 13.7. The maximum Gasteiger partial charge on any atom is 0.160 e. The van der Waals surface area contributed by atoms with Gasteiger partial charge in [0.05, 0.1) is 11.9 Å². The Bertz CT molecular complexity index is 808. The standard InChI is InChI=1S/C15H11ClFN3/c16-14-7-13(10-3-1-2-4-12(10)17)20-15(19-14)11(8-18-20)9-5-6-9/h1-4,7-9H,5-6H2. The Morgan fingerprint density at radius 2 is 2.05 bits per heavy atom. The fourth-order valence-electron chi connectivity index (χ4n) is 2.49. The molecule has 1 aliphatic carbocycles. The van der Waals surface area contributed by atoms with Gasteiger partial charge in [0.1, 0.15) is 11.0 Å². The molecule has 1 aromatic carbocycles. The van der Waals surface area contributed by atoms with Crippen molar-refractivity contribution in [2.24, 2.45) is 0 Å². The van der Waals surface area contributed by atoms with Gasteiger partial charge in [-0.3, -0.25) is 0 Å². The lowest BCUT2D eigenvalue weighted by Gasteiger charge is -2.07. The Kier molecular flexibility index (Phi) is 2.54. The predicted octanol–water partition coefficient (Wildman–Crippen LogP) is 4.07.